The van der Waals surface area contributed by atoms with E-state index in [2.05, 4.69) is 39.1 Å². The molecule has 0 aromatic rings. The first kappa shape index (κ1) is 16.9. The zero-order valence-corrected chi connectivity index (χ0v) is 7.39. The third-order valence-corrected chi connectivity index (χ3v) is 0.911. The molecule has 0 fully saturated rings. The first-order valence-corrected chi connectivity index (χ1v) is 3.55. The van der Waals surface area contributed by atoms with Crippen molar-refractivity contribution < 1.29 is 0 Å². The van der Waals surface area contributed by atoms with Crippen LogP contribution < -0.4 is 5.32 Å². The van der Waals surface area contributed by atoms with Gasteiger partial charge in [0.15, 0.2) is 0 Å². The molecule has 0 saturated carbocycles. The maximum atomic E-state index is 3.20. The molecule has 0 aliphatic rings. The molecule has 0 unspecified atom stereocenters. The van der Waals surface area contributed by atoms with Crippen LogP contribution in [0.1, 0.15) is 35.1 Å². The Morgan fingerprint density at radius 3 is 1.82 bits per heavy atom. The van der Waals surface area contributed by atoms with Gasteiger partial charge in [0.25, 0.3) is 0 Å². The molecule has 0 rings (SSSR count). The molecule has 0 aromatic carbocycles. The molecule has 65 valence electrons. The lowest BCUT2D eigenvalue weighted by atomic mass is 10.2. The van der Waals surface area contributed by atoms with Crippen LogP contribution in [0.25, 0.3) is 0 Å². The summed E-state index contributed by atoms with van der Waals surface area (Å²) in [6.45, 7) is 8.59. The number of hydrogen-bond acceptors (Lipinski definition) is 1. The van der Waals surface area contributed by atoms with Crippen LogP contribution in [-0.4, -0.2) is 14.5 Å². The van der Waals surface area contributed by atoms with Gasteiger partial charge in [0.05, 0.1) is 0 Å². The molecule has 1 N–H and O–H groups in total. The lowest BCUT2D eigenvalue weighted by Crippen LogP contribution is -2.15. The molecule has 2 heteroatoms. The number of nitrogens with one attached hydrogen (secondary N) is 1. The Labute approximate surface area is 73.8 Å². The van der Waals surface area contributed by atoms with Gasteiger partial charge in [-0.2, -0.15) is 0 Å². The molecule has 0 spiro atoms. The molecule has 11 heavy (non-hydrogen) atoms. The van der Waals surface area contributed by atoms with Crippen molar-refractivity contribution in [2.75, 3.05) is 0 Å². The van der Waals surface area contributed by atoms with E-state index < -0.39 is 0 Å². The number of allylic oxidation sites excluding steroid dienone is 1. The Bertz CT molecular complexity index is 87.6. The standard InChI is InChI=1S/C8H17N.CH4.B/c1-7(2)5-6-9-8(3)4;;/h5-9H,1-4H3;1H4;/b6-5-;;. The minimum atomic E-state index is 0. The van der Waals surface area contributed by atoms with Gasteiger partial charge in [0, 0.05) is 14.5 Å². The van der Waals surface area contributed by atoms with Crippen molar-refractivity contribution in [2.24, 2.45) is 5.92 Å². The average Bonchev–Trinajstić information content (AvgIpc) is 1.63. The molecule has 0 amide bonds. The molecular weight excluding hydrogens is 133 g/mol. The molecule has 0 heterocycles. The minimum absolute atomic E-state index is 0. The summed E-state index contributed by atoms with van der Waals surface area (Å²) in [5, 5.41) is 3.20. The maximum Gasteiger partial charge on any atom is 0.0199 e. The quantitative estimate of drug-likeness (QED) is 0.615. The van der Waals surface area contributed by atoms with Crippen molar-refractivity contribution in [3.05, 3.63) is 12.3 Å². The molecule has 0 atom stereocenters. The van der Waals surface area contributed by atoms with Crippen LogP contribution in [0.2, 0.25) is 0 Å². The van der Waals surface area contributed by atoms with Crippen LogP contribution in [0.4, 0.5) is 0 Å². The predicted octanol–water partition coefficient (Wildman–Crippen LogP) is 2.41. The zero-order valence-electron chi connectivity index (χ0n) is 7.39. The normalized spacial score (nSPS) is 9.64. The van der Waals surface area contributed by atoms with Gasteiger partial charge in [-0.15, -0.1) is 0 Å². The van der Waals surface area contributed by atoms with Gasteiger partial charge in [-0.25, -0.2) is 0 Å². The smallest absolute Gasteiger partial charge is 0.0199 e. The second-order valence-electron chi connectivity index (χ2n) is 2.92. The van der Waals surface area contributed by atoms with E-state index in [0.29, 0.717) is 12.0 Å². The van der Waals surface area contributed by atoms with Gasteiger partial charge in [-0.05, 0) is 26.0 Å². The van der Waals surface area contributed by atoms with Crippen molar-refractivity contribution in [1.29, 1.82) is 0 Å². The highest BCUT2D eigenvalue weighted by Gasteiger charge is 1.84. The highest BCUT2D eigenvalue weighted by molar-refractivity contribution is 5.75. The summed E-state index contributed by atoms with van der Waals surface area (Å²) >= 11 is 0. The van der Waals surface area contributed by atoms with Crippen molar-refractivity contribution in [3.8, 4) is 0 Å². The van der Waals surface area contributed by atoms with Gasteiger partial charge in [0.2, 0.25) is 0 Å². The van der Waals surface area contributed by atoms with Gasteiger partial charge >= 0.3 is 0 Å². The largest absolute Gasteiger partial charge is 0.389 e. The summed E-state index contributed by atoms with van der Waals surface area (Å²) < 4.78 is 0. The van der Waals surface area contributed by atoms with E-state index in [1.165, 1.54) is 0 Å². The van der Waals surface area contributed by atoms with E-state index >= 15 is 0 Å². The van der Waals surface area contributed by atoms with Crippen molar-refractivity contribution in [1.82, 2.24) is 5.32 Å². The SMILES string of the molecule is C.CC(C)/C=C\NC(C)C.[B]. The molecule has 0 aromatic heterocycles. The van der Waals surface area contributed by atoms with Gasteiger partial charge in [-0.3, -0.25) is 0 Å². The Kier molecular flexibility index (Phi) is 14.8. The molecule has 1 nitrogen and oxygen atoms in total. The van der Waals surface area contributed by atoms with E-state index in [4.69, 9.17) is 0 Å². The fraction of sp³-hybridized carbons (Fsp3) is 0.778. The van der Waals surface area contributed by atoms with Gasteiger partial charge < -0.3 is 5.32 Å². The van der Waals surface area contributed by atoms with E-state index in [1.807, 2.05) is 6.20 Å². The van der Waals surface area contributed by atoms with E-state index in [0.717, 1.165) is 0 Å². The molecular formula is C9H21BN. The Hall–Kier alpha value is -0.395. The first-order chi connectivity index (χ1) is 4.13. The maximum absolute atomic E-state index is 3.20. The van der Waals surface area contributed by atoms with Gasteiger partial charge in [0.1, 0.15) is 0 Å². The summed E-state index contributed by atoms with van der Waals surface area (Å²) in [6.07, 6.45) is 4.18. The highest BCUT2D eigenvalue weighted by atomic mass is 14.9. The van der Waals surface area contributed by atoms with Crippen LogP contribution >= 0.6 is 0 Å². The highest BCUT2D eigenvalue weighted by Crippen LogP contribution is 1.91. The third-order valence-electron chi connectivity index (χ3n) is 0.911. The van der Waals surface area contributed by atoms with Crippen LogP contribution in [0.3, 0.4) is 0 Å². The number of hydrogen-bond donors (Lipinski definition) is 1. The zero-order chi connectivity index (χ0) is 7.28. The summed E-state index contributed by atoms with van der Waals surface area (Å²) in [4.78, 5) is 0. The van der Waals surface area contributed by atoms with Crippen molar-refractivity contribution in [3.63, 3.8) is 0 Å². The molecule has 0 aliphatic carbocycles. The predicted molar refractivity (Wildman–Crippen MR) is 54.7 cm³/mol. The molecule has 0 saturated heterocycles. The van der Waals surface area contributed by atoms with Crippen molar-refractivity contribution in [2.45, 2.75) is 41.2 Å². The van der Waals surface area contributed by atoms with Crippen LogP contribution in [0.5, 0.6) is 0 Å². The Morgan fingerprint density at radius 1 is 1.09 bits per heavy atom. The third kappa shape index (κ3) is 17.7. The fourth-order valence-electron chi connectivity index (χ4n) is 0.440. The monoisotopic (exact) mass is 154 g/mol. The lowest BCUT2D eigenvalue weighted by Gasteiger charge is -2.02. The summed E-state index contributed by atoms with van der Waals surface area (Å²) in [7, 11) is 0. The summed E-state index contributed by atoms with van der Waals surface area (Å²) in [6, 6.07) is 0.556. The van der Waals surface area contributed by atoms with E-state index in [1.54, 1.807) is 0 Å². The van der Waals surface area contributed by atoms with Crippen molar-refractivity contribution >= 4 is 8.41 Å². The van der Waals surface area contributed by atoms with Gasteiger partial charge in [-0.1, -0.05) is 27.4 Å². The fourth-order valence-corrected chi connectivity index (χ4v) is 0.440. The van der Waals surface area contributed by atoms with Crippen LogP contribution in [0.15, 0.2) is 12.3 Å². The topological polar surface area (TPSA) is 12.0 Å². The Morgan fingerprint density at radius 2 is 1.55 bits per heavy atom. The van der Waals surface area contributed by atoms with Crippen LogP contribution in [-0.2, 0) is 0 Å². The molecule has 0 bridgehead atoms. The Balaban J connectivity index is -0.000000320. The first-order valence-electron chi connectivity index (χ1n) is 3.55. The van der Waals surface area contributed by atoms with E-state index in [-0.39, 0.29) is 15.8 Å². The molecule has 3 radical (unpaired) electrons. The summed E-state index contributed by atoms with van der Waals surface area (Å²) in [5.41, 5.74) is 0. The second-order valence-corrected chi connectivity index (χ2v) is 2.92. The second kappa shape index (κ2) is 9.60. The molecule has 0 aliphatic heterocycles. The van der Waals surface area contributed by atoms with E-state index in [9.17, 15) is 0 Å². The minimum Gasteiger partial charge on any atom is -0.389 e. The number of rotatable bonds is 3. The summed E-state index contributed by atoms with van der Waals surface area (Å²) in [5.74, 6) is 0.649. The lowest BCUT2D eigenvalue weighted by molar-refractivity contribution is 0.693. The average molecular weight is 154 g/mol. The van der Waals surface area contributed by atoms with Crippen LogP contribution in [0, 0.1) is 5.92 Å².